The van der Waals surface area contributed by atoms with Crippen LogP contribution in [0.25, 0.3) is 0 Å². The molecule has 1 aromatic rings. The highest BCUT2D eigenvalue weighted by Crippen LogP contribution is 2.33. The molecule has 0 bridgehead atoms. The SMILES string of the molecule is CC1CCC(C(C)C)C(NC(=O)c2c[nH]ccc2=O)C1. The van der Waals surface area contributed by atoms with Gasteiger partial charge in [0.25, 0.3) is 5.91 Å². The second-order valence-electron chi connectivity index (χ2n) is 6.33. The molecule has 0 aliphatic heterocycles. The monoisotopic (exact) mass is 276 g/mol. The van der Waals surface area contributed by atoms with Crippen LogP contribution in [0.3, 0.4) is 0 Å². The van der Waals surface area contributed by atoms with Crippen LogP contribution in [0.15, 0.2) is 23.3 Å². The maximum absolute atomic E-state index is 12.3. The molecule has 1 aromatic heterocycles. The van der Waals surface area contributed by atoms with Crippen molar-refractivity contribution in [2.75, 3.05) is 0 Å². The molecule has 1 saturated carbocycles. The lowest BCUT2D eigenvalue weighted by molar-refractivity contribution is 0.0866. The molecule has 2 rings (SSSR count). The molecule has 0 radical (unpaired) electrons. The summed E-state index contributed by atoms with van der Waals surface area (Å²) < 4.78 is 0. The van der Waals surface area contributed by atoms with Crippen molar-refractivity contribution in [3.05, 3.63) is 34.2 Å². The van der Waals surface area contributed by atoms with E-state index in [4.69, 9.17) is 0 Å². The number of H-pyrrole nitrogens is 1. The molecule has 1 heterocycles. The lowest BCUT2D eigenvalue weighted by Crippen LogP contribution is -2.46. The van der Waals surface area contributed by atoms with Crippen LogP contribution in [0.4, 0.5) is 0 Å². The van der Waals surface area contributed by atoms with Crippen LogP contribution in [0.2, 0.25) is 0 Å². The zero-order chi connectivity index (χ0) is 14.7. The van der Waals surface area contributed by atoms with Gasteiger partial charge in [-0.05, 0) is 30.6 Å². The lowest BCUT2D eigenvalue weighted by Gasteiger charge is -2.37. The van der Waals surface area contributed by atoms with Crippen molar-refractivity contribution in [2.45, 2.75) is 46.1 Å². The molecule has 4 nitrogen and oxygen atoms in total. The average Bonchev–Trinajstić information content (AvgIpc) is 2.38. The van der Waals surface area contributed by atoms with Gasteiger partial charge in [-0.3, -0.25) is 9.59 Å². The summed E-state index contributed by atoms with van der Waals surface area (Å²) in [5.74, 6) is 1.42. The fourth-order valence-corrected chi connectivity index (χ4v) is 3.21. The van der Waals surface area contributed by atoms with Gasteiger partial charge in [0, 0.05) is 24.5 Å². The number of pyridine rings is 1. The van der Waals surface area contributed by atoms with Crippen molar-refractivity contribution in [2.24, 2.45) is 17.8 Å². The number of carbonyl (C=O) groups excluding carboxylic acids is 1. The molecule has 1 fully saturated rings. The second kappa shape index (κ2) is 6.25. The van der Waals surface area contributed by atoms with Crippen molar-refractivity contribution >= 4 is 5.91 Å². The lowest BCUT2D eigenvalue weighted by atomic mass is 9.74. The summed E-state index contributed by atoms with van der Waals surface area (Å²) in [7, 11) is 0. The van der Waals surface area contributed by atoms with Crippen LogP contribution in [-0.2, 0) is 0 Å². The molecule has 3 unspecified atom stereocenters. The standard InChI is InChI=1S/C16H24N2O2/c1-10(2)12-5-4-11(3)8-14(12)18-16(20)13-9-17-7-6-15(13)19/h6-7,9-12,14H,4-5,8H2,1-3H3,(H,17,19)(H,18,20). The van der Waals surface area contributed by atoms with Crippen molar-refractivity contribution < 1.29 is 4.79 Å². The molecule has 1 aliphatic rings. The molecule has 4 heteroatoms. The largest absolute Gasteiger partial charge is 0.367 e. The van der Waals surface area contributed by atoms with Gasteiger partial charge >= 0.3 is 0 Å². The normalized spacial score (nSPS) is 26.5. The summed E-state index contributed by atoms with van der Waals surface area (Å²) in [5, 5.41) is 3.08. The number of aromatic amines is 1. The Hall–Kier alpha value is -1.58. The fraction of sp³-hybridized carbons (Fsp3) is 0.625. The van der Waals surface area contributed by atoms with E-state index in [1.54, 1.807) is 6.20 Å². The molecule has 110 valence electrons. The van der Waals surface area contributed by atoms with Gasteiger partial charge in [-0.1, -0.05) is 27.2 Å². The van der Waals surface area contributed by atoms with Crippen LogP contribution in [-0.4, -0.2) is 16.9 Å². The Morgan fingerprint density at radius 3 is 2.80 bits per heavy atom. The smallest absolute Gasteiger partial charge is 0.256 e. The summed E-state index contributed by atoms with van der Waals surface area (Å²) >= 11 is 0. The zero-order valence-corrected chi connectivity index (χ0v) is 12.5. The maximum Gasteiger partial charge on any atom is 0.256 e. The minimum atomic E-state index is -0.253. The first kappa shape index (κ1) is 14.8. The van der Waals surface area contributed by atoms with Gasteiger partial charge in [0.05, 0.1) is 0 Å². The van der Waals surface area contributed by atoms with Gasteiger partial charge in [-0.2, -0.15) is 0 Å². The summed E-state index contributed by atoms with van der Waals surface area (Å²) in [6, 6.07) is 1.56. The fourth-order valence-electron chi connectivity index (χ4n) is 3.21. The number of rotatable bonds is 3. The van der Waals surface area contributed by atoms with Crippen molar-refractivity contribution in [1.82, 2.24) is 10.3 Å². The first-order chi connectivity index (χ1) is 9.49. The van der Waals surface area contributed by atoms with E-state index in [1.807, 2.05) is 0 Å². The van der Waals surface area contributed by atoms with Gasteiger partial charge in [0.1, 0.15) is 5.56 Å². The Kier molecular flexibility index (Phi) is 4.63. The second-order valence-corrected chi connectivity index (χ2v) is 6.33. The first-order valence-corrected chi connectivity index (χ1v) is 7.47. The van der Waals surface area contributed by atoms with Crippen molar-refractivity contribution in [3.63, 3.8) is 0 Å². The number of hydrogen-bond acceptors (Lipinski definition) is 2. The predicted molar refractivity (Wildman–Crippen MR) is 79.7 cm³/mol. The quantitative estimate of drug-likeness (QED) is 0.891. The Balaban J connectivity index is 2.12. The number of nitrogens with one attached hydrogen (secondary N) is 2. The average molecular weight is 276 g/mol. The molecular weight excluding hydrogens is 252 g/mol. The summed E-state index contributed by atoms with van der Waals surface area (Å²) in [5.41, 5.74) is -0.0283. The first-order valence-electron chi connectivity index (χ1n) is 7.47. The Labute approximate surface area is 120 Å². The number of carbonyl (C=O) groups is 1. The molecule has 0 saturated heterocycles. The van der Waals surface area contributed by atoms with Crippen LogP contribution < -0.4 is 10.7 Å². The van der Waals surface area contributed by atoms with E-state index in [9.17, 15) is 9.59 Å². The highest BCUT2D eigenvalue weighted by atomic mass is 16.2. The van der Waals surface area contributed by atoms with Gasteiger partial charge < -0.3 is 10.3 Å². The van der Waals surface area contributed by atoms with E-state index in [2.05, 4.69) is 31.1 Å². The van der Waals surface area contributed by atoms with Crippen LogP contribution in [0.1, 0.15) is 50.4 Å². The van der Waals surface area contributed by atoms with E-state index < -0.39 is 0 Å². The van der Waals surface area contributed by atoms with Crippen molar-refractivity contribution in [1.29, 1.82) is 0 Å². The maximum atomic E-state index is 12.3. The number of aromatic nitrogens is 1. The van der Waals surface area contributed by atoms with Crippen molar-refractivity contribution in [3.8, 4) is 0 Å². The van der Waals surface area contributed by atoms with E-state index in [1.165, 1.54) is 18.7 Å². The molecular formula is C16H24N2O2. The summed E-state index contributed by atoms with van der Waals surface area (Å²) in [6.07, 6.45) is 6.39. The van der Waals surface area contributed by atoms with Crippen LogP contribution in [0.5, 0.6) is 0 Å². The van der Waals surface area contributed by atoms with Crippen LogP contribution in [0, 0.1) is 17.8 Å². The van der Waals surface area contributed by atoms with Gasteiger partial charge in [-0.15, -0.1) is 0 Å². The minimum absolute atomic E-state index is 0.172. The van der Waals surface area contributed by atoms with Gasteiger partial charge in [0.2, 0.25) is 0 Å². The summed E-state index contributed by atoms with van der Waals surface area (Å²) in [6.45, 7) is 6.63. The number of amides is 1. The molecule has 0 spiro atoms. The molecule has 3 atom stereocenters. The predicted octanol–water partition coefficient (Wildman–Crippen LogP) is 2.57. The Morgan fingerprint density at radius 1 is 1.40 bits per heavy atom. The Bertz CT molecular complexity index is 521. The van der Waals surface area contributed by atoms with E-state index >= 15 is 0 Å². The third-order valence-corrected chi connectivity index (χ3v) is 4.41. The molecule has 20 heavy (non-hydrogen) atoms. The highest BCUT2D eigenvalue weighted by molar-refractivity contribution is 5.93. The minimum Gasteiger partial charge on any atom is -0.367 e. The molecule has 0 aromatic carbocycles. The van der Waals surface area contributed by atoms with Gasteiger partial charge in [0.15, 0.2) is 5.43 Å². The zero-order valence-electron chi connectivity index (χ0n) is 12.5. The number of hydrogen-bond donors (Lipinski definition) is 2. The van der Waals surface area contributed by atoms with E-state index in [0.717, 1.165) is 12.8 Å². The van der Waals surface area contributed by atoms with Crippen LogP contribution >= 0.6 is 0 Å². The third kappa shape index (κ3) is 3.30. The van der Waals surface area contributed by atoms with Gasteiger partial charge in [-0.25, -0.2) is 0 Å². The molecule has 2 N–H and O–H groups in total. The van der Waals surface area contributed by atoms with E-state index in [0.29, 0.717) is 17.8 Å². The Morgan fingerprint density at radius 2 is 2.15 bits per heavy atom. The molecule has 1 amide bonds. The third-order valence-electron chi connectivity index (χ3n) is 4.41. The highest BCUT2D eigenvalue weighted by Gasteiger charge is 2.32. The molecule has 1 aliphatic carbocycles. The summed E-state index contributed by atoms with van der Waals surface area (Å²) in [4.78, 5) is 26.8. The topological polar surface area (TPSA) is 62.0 Å². The van der Waals surface area contributed by atoms with E-state index in [-0.39, 0.29) is 22.9 Å².